The first kappa shape index (κ1) is 17.4. The first-order valence-corrected chi connectivity index (χ1v) is 8.46. The molecule has 6 heteroatoms. The summed E-state index contributed by atoms with van der Waals surface area (Å²) in [5.41, 5.74) is 1.18. The SMILES string of the molecule is COCC(NC(=O)NCC1COc2ccccc2C1)c1ccc(C)o1. The summed E-state index contributed by atoms with van der Waals surface area (Å²) in [7, 11) is 1.60. The van der Waals surface area contributed by atoms with Crippen LogP contribution in [0.2, 0.25) is 0 Å². The van der Waals surface area contributed by atoms with Gasteiger partial charge in [0.15, 0.2) is 0 Å². The van der Waals surface area contributed by atoms with E-state index in [1.54, 1.807) is 7.11 Å². The van der Waals surface area contributed by atoms with E-state index in [0.717, 1.165) is 17.9 Å². The Kier molecular flexibility index (Phi) is 5.60. The number of aryl methyl sites for hydroxylation is 1. The van der Waals surface area contributed by atoms with E-state index in [1.807, 2.05) is 37.3 Å². The number of urea groups is 1. The second-order valence-electron chi connectivity index (χ2n) is 6.30. The molecule has 25 heavy (non-hydrogen) atoms. The molecular formula is C19H24N2O4. The van der Waals surface area contributed by atoms with Crippen LogP contribution in [0.1, 0.15) is 23.1 Å². The maximum atomic E-state index is 12.2. The van der Waals surface area contributed by atoms with E-state index in [9.17, 15) is 4.79 Å². The van der Waals surface area contributed by atoms with Crippen LogP contribution in [-0.2, 0) is 11.2 Å². The Morgan fingerprint density at radius 2 is 2.16 bits per heavy atom. The summed E-state index contributed by atoms with van der Waals surface area (Å²) in [4.78, 5) is 12.2. The minimum Gasteiger partial charge on any atom is -0.493 e. The monoisotopic (exact) mass is 344 g/mol. The van der Waals surface area contributed by atoms with Gasteiger partial charge >= 0.3 is 6.03 Å². The highest BCUT2D eigenvalue weighted by atomic mass is 16.5. The molecule has 1 aromatic carbocycles. The minimum atomic E-state index is -0.318. The highest BCUT2D eigenvalue weighted by molar-refractivity contribution is 5.74. The fraction of sp³-hybridized carbons (Fsp3) is 0.421. The molecule has 0 aliphatic carbocycles. The van der Waals surface area contributed by atoms with E-state index < -0.39 is 0 Å². The predicted molar refractivity (Wildman–Crippen MR) is 93.7 cm³/mol. The number of benzene rings is 1. The van der Waals surface area contributed by atoms with E-state index >= 15 is 0 Å². The van der Waals surface area contributed by atoms with Crippen molar-refractivity contribution in [2.45, 2.75) is 19.4 Å². The Labute approximate surface area is 147 Å². The van der Waals surface area contributed by atoms with Crippen LogP contribution in [-0.4, -0.2) is 32.9 Å². The van der Waals surface area contributed by atoms with E-state index in [-0.39, 0.29) is 18.0 Å². The van der Waals surface area contributed by atoms with Crippen molar-refractivity contribution in [2.75, 3.05) is 26.9 Å². The Morgan fingerprint density at radius 3 is 2.92 bits per heavy atom. The average molecular weight is 344 g/mol. The van der Waals surface area contributed by atoms with Gasteiger partial charge in [0.2, 0.25) is 0 Å². The topological polar surface area (TPSA) is 72.7 Å². The molecule has 0 radical (unpaired) electrons. The zero-order valence-corrected chi connectivity index (χ0v) is 14.6. The smallest absolute Gasteiger partial charge is 0.315 e. The number of ether oxygens (including phenoxy) is 2. The van der Waals surface area contributed by atoms with Crippen molar-refractivity contribution in [1.29, 1.82) is 0 Å². The number of carbonyl (C=O) groups is 1. The number of hydrogen-bond donors (Lipinski definition) is 2. The van der Waals surface area contributed by atoms with E-state index in [1.165, 1.54) is 5.56 Å². The zero-order chi connectivity index (χ0) is 17.6. The summed E-state index contributed by atoms with van der Waals surface area (Å²) in [5.74, 6) is 2.68. The lowest BCUT2D eigenvalue weighted by atomic mass is 9.97. The third kappa shape index (κ3) is 4.54. The quantitative estimate of drug-likeness (QED) is 0.845. The molecule has 134 valence electrons. The van der Waals surface area contributed by atoms with Gasteiger partial charge in [0.1, 0.15) is 23.3 Å². The normalized spacial score (nSPS) is 17.3. The molecule has 2 amide bonds. The van der Waals surface area contributed by atoms with Crippen molar-refractivity contribution < 1.29 is 18.7 Å². The van der Waals surface area contributed by atoms with Crippen molar-refractivity contribution in [2.24, 2.45) is 5.92 Å². The zero-order valence-electron chi connectivity index (χ0n) is 14.6. The van der Waals surface area contributed by atoms with Crippen LogP contribution >= 0.6 is 0 Å². The highest BCUT2D eigenvalue weighted by Gasteiger charge is 2.22. The van der Waals surface area contributed by atoms with Gasteiger partial charge in [0.25, 0.3) is 0 Å². The molecule has 6 nitrogen and oxygen atoms in total. The molecule has 1 aromatic heterocycles. The fourth-order valence-corrected chi connectivity index (χ4v) is 2.97. The lowest BCUT2D eigenvalue weighted by Gasteiger charge is -2.25. The number of fused-ring (bicyclic) bond motifs is 1. The van der Waals surface area contributed by atoms with Crippen LogP contribution in [0.5, 0.6) is 5.75 Å². The van der Waals surface area contributed by atoms with Crippen LogP contribution in [0, 0.1) is 12.8 Å². The Bertz CT molecular complexity index is 713. The number of amides is 2. The molecule has 2 aromatic rings. The van der Waals surface area contributed by atoms with Crippen molar-refractivity contribution in [1.82, 2.24) is 10.6 Å². The number of para-hydroxylation sites is 1. The molecule has 2 heterocycles. The number of rotatable bonds is 6. The molecule has 1 aliphatic heterocycles. The number of nitrogens with one attached hydrogen (secondary N) is 2. The molecule has 0 fully saturated rings. The number of furan rings is 1. The molecule has 3 rings (SSSR count). The molecule has 0 saturated heterocycles. The largest absolute Gasteiger partial charge is 0.493 e. The third-order valence-corrected chi connectivity index (χ3v) is 4.25. The van der Waals surface area contributed by atoms with Gasteiger partial charge < -0.3 is 24.5 Å². The standard InChI is InChI=1S/C19H24N2O4/c1-13-7-8-18(25-13)16(12-23-2)21-19(22)20-10-14-9-15-5-3-4-6-17(15)24-11-14/h3-8,14,16H,9-12H2,1-2H3,(H2,20,21,22). The van der Waals surface area contributed by atoms with Crippen molar-refractivity contribution in [3.63, 3.8) is 0 Å². The molecular weight excluding hydrogens is 320 g/mol. The molecule has 0 spiro atoms. The third-order valence-electron chi connectivity index (χ3n) is 4.25. The molecule has 2 atom stereocenters. The van der Waals surface area contributed by atoms with Gasteiger partial charge in [0, 0.05) is 19.6 Å². The molecule has 2 N–H and O–H groups in total. The van der Waals surface area contributed by atoms with Crippen LogP contribution in [0.15, 0.2) is 40.8 Å². The Balaban J connectivity index is 1.50. The maximum Gasteiger partial charge on any atom is 0.315 e. The summed E-state index contributed by atoms with van der Waals surface area (Å²) in [6, 6.07) is 11.2. The van der Waals surface area contributed by atoms with Gasteiger partial charge in [-0.2, -0.15) is 0 Å². The van der Waals surface area contributed by atoms with Crippen LogP contribution < -0.4 is 15.4 Å². The van der Waals surface area contributed by atoms with Crippen LogP contribution in [0.25, 0.3) is 0 Å². The van der Waals surface area contributed by atoms with Gasteiger partial charge in [-0.25, -0.2) is 4.79 Å². The summed E-state index contributed by atoms with van der Waals surface area (Å²) in [6.45, 7) is 3.38. The van der Waals surface area contributed by atoms with Crippen LogP contribution in [0.4, 0.5) is 4.79 Å². The van der Waals surface area contributed by atoms with E-state index in [4.69, 9.17) is 13.9 Å². The van der Waals surface area contributed by atoms with Crippen molar-refractivity contribution in [3.8, 4) is 5.75 Å². The van der Waals surface area contributed by atoms with Gasteiger partial charge in [-0.15, -0.1) is 0 Å². The van der Waals surface area contributed by atoms with Gasteiger partial charge in [0.05, 0.1) is 13.2 Å². The fourth-order valence-electron chi connectivity index (χ4n) is 2.97. The molecule has 0 saturated carbocycles. The summed E-state index contributed by atoms with van der Waals surface area (Å²) < 4.78 is 16.5. The lowest BCUT2D eigenvalue weighted by Crippen LogP contribution is -2.43. The second kappa shape index (κ2) is 8.07. The lowest BCUT2D eigenvalue weighted by molar-refractivity contribution is 0.155. The van der Waals surface area contributed by atoms with E-state index in [0.29, 0.717) is 25.5 Å². The van der Waals surface area contributed by atoms with Gasteiger partial charge in [-0.05, 0) is 37.1 Å². The maximum absolute atomic E-state index is 12.2. The predicted octanol–water partition coefficient (Wildman–Crippen LogP) is 2.83. The molecule has 2 unspecified atom stereocenters. The summed E-state index contributed by atoms with van der Waals surface area (Å²) >= 11 is 0. The minimum absolute atomic E-state index is 0.241. The Hall–Kier alpha value is -2.47. The first-order valence-electron chi connectivity index (χ1n) is 8.46. The number of hydrogen-bond acceptors (Lipinski definition) is 4. The van der Waals surface area contributed by atoms with Crippen molar-refractivity contribution in [3.05, 3.63) is 53.5 Å². The first-order chi connectivity index (χ1) is 12.2. The van der Waals surface area contributed by atoms with Crippen molar-refractivity contribution >= 4 is 6.03 Å². The van der Waals surface area contributed by atoms with Gasteiger partial charge in [-0.3, -0.25) is 0 Å². The number of carbonyl (C=O) groups excluding carboxylic acids is 1. The van der Waals surface area contributed by atoms with Gasteiger partial charge in [-0.1, -0.05) is 18.2 Å². The average Bonchev–Trinajstić information content (AvgIpc) is 3.06. The summed E-state index contributed by atoms with van der Waals surface area (Å²) in [5, 5.41) is 5.82. The number of methoxy groups -OCH3 is 1. The Morgan fingerprint density at radius 1 is 1.32 bits per heavy atom. The molecule has 0 bridgehead atoms. The molecule has 1 aliphatic rings. The highest BCUT2D eigenvalue weighted by Crippen LogP contribution is 2.26. The summed E-state index contributed by atoms with van der Waals surface area (Å²) in [6.07, 6.45) is 0.898. The van der Waals surface area contributed by atoms with E-state index in [2.05, 4.69) is 16.7 Å². The second-order valence-corrected chi connectivity index (χ2v) is 6.30. The van der Waals surface area contributed by atoms with Crippen LogP contribution in [0.3, 0.4) is 0 Å².